The van der Waals surface area contributed by atoms with Crippen molar-refractivity contribution in [2.24, 2.45) is 5.92 Å². The summed E-state index contributed by atoms with van der Waals surface area (Å²) < 4.78 is 51.8. The first-order chi connectivity index (χ1) is 24.3. The molecule has 2 aromatic carbocycles. The largest absolute Gasteiger partial charge is 0.464 e. The van der Waals surface area contributed by atoms with Gasteiger partial charge >= 0.3 is 25.7 Å². The van der Waals surface area contributed by atoms with Gasteiger partial charge in [-0.2, -0.15) is 10.2 Å². The van der Waals surface area contributed by atoms with E-state index in [1.54, 1.807) is 37.3 Å². The highest BCUT2D eigenvalue weighted by Gasteiger charge is 2.59. The molecule has 1 aliphatic rings. The molecule has 0 bridgehead atoms. The zero-order chi connectivity index (χ0) is 36.9. The zero-order valence-electron chi connectivity index (χ0n) is 29.4. The first-order valence-electron chi connectivity index (χ1n) is 16.8. The molecule has 16 heteroatoms. The Labute approximate surface area is 295 Å². The second-order valence-corrected chi connectivity index (χ2v) is 14.2. The number of aromatic nitrogens is 3. The molecule has 4 aromatic rings. The van der Waals surface area contributed by atoms with Crippen LogP contribution in [0.25, 0.3) is 16.3 Å². The standard InChI is InChI=1S/C35H44N5O10P/c1-7-24(8-2)18-45-34(43)21(3)39-51(44,50-28-15-11-13-25-12-9-10-14-26(25)28)46-19-29-31(47-22(4)41)32(48-23(5)42)35(6,49-29)30-17-16-27-33(36)37-20-38-40(27)30/h9-17,20-21,24,29,31-32H,7-8,18-19H2,1-6H3,(H,39,44)(H2,36,37,38)/t21-,29+,31+,32+,35-,51?/m0/s1. The third-order valence-electron chi connectivity index (χ3n) is 8.89. The van der Waals surface area contributed by atoms with Gasteiger partial charge < -0.3 is 29.2 Å². The summed E-state index contributed by atoms with van der Waals surface area (Å²) in [4.78, 5) is 42.0. The molecule has 6 atom stereocenters. The number of carbonyl (C=O) groups excluding carboxylic acids is 3. The Morgan fingerprint density at radius 1 is 1.04 bits per heavy atom. The number of fused-ring (bicyclic) bond motifs is 2. The number of esters is 3. The molecule has 1 unspecified atom stereocenters. The summed E-state index contributed by atoms with van der Waals surface area (Å²) >= 11 is 0. The summed E-state index contributed by atoms with van der Waals surface area (Å²) in [7, 11) is -4.45. The Morgan fingerprint density at radius 2 is 1.75 bits per heavy atom. The third-order valence-corrected chi connectivity index (χ3v) is 10.5. The number of hydrogen-bond acceptors (Lipinski definition) is 13. The van der Waals surface area contributed by atoms with Gasteiger partial charge in [-0.3, -0.25) is 18.9 Å². The van der Waals surface area contributed by atoms with Crippen molar-refractivity contribution in [2.45, 2.75) is 84.3 Å². The molecule has 51 heavy (non-hydrogen) atoms. The van der Waals surface area contributed by atoms with Crippen molar-refractivity contribution >= 4 is 47.8 Å². The van der Waals surface area contributed by atoms with E-state index in [0.29, 0.717) is 16.6 Å². The molecule has 1 aliphatic heterocycles. The van der Waals surface area contributed by atoms with Crippen molar-refractivity contribution in [2.75, 3.05) is 18.9 Å². The van der Waals surface area contributed by atoms with Gasteiger partial charge in [-0.15, -0.1) is 0 Å². The Balaban J connectivity index is 1.48. The molecular weight excluding hydrogens is 681 g/mol. The van der Waals surface area contributed by atoms with Crippen molar-refractivity contribution in [1.29, 1.82) is 0 Å². The first-order valence-corrected chi connectivity index (χ1v) is 18.3. The molecule has 0 amide bonds. The van der Waals surface area contributed by atoms with Crippen molar-refractivity contribution in [3.05, 3.63) is 66.6 Å². The number of anilines is 1. The summed E-state index contributed by atoms with van der Waals surface area (Å²) in [6, 6.07) is 14.8. The van der Waals surface area contributed by atoms with Gasteiger partial charge in [-0.1, -0.05) is 63.1 Å². The van der Waals surface area contributed by atoms with E-state index in [9.17, 15) is 18.9 Å². The van der Waals surface area contributed by atoms with E-state index in [4.69, 9.17) is 33.7 Å². The lowest BCUT2D eigenvalue weighted by Gasteiger charge is -2.30. The number of rotatable bonds is 15. The number of carbonyl (C=O) groups is 3. The highest BCUT2D eigenvalue weighted by atomic mass is 31.2. The van der Waals surface area contributed by atoms with Gasteiger partial charge in [0.1, 0.15) is 35.3 Å². The minimum Gasteiger partial charge on any atom is -0.464 e. The summed E-state index contributed by atoms with van der Waals surface area (Å²) in [5.41, 5.74) is 5.45. The molecule has 0 aliphatic carbocycles. The van der Waals surface area contributed by atoms with Gasteiger partial charge in [-0.25, -0.2) is 14.1 Å². The van der Waals surface area contributed by atoms with E-state index < -0.39 is 62.2 Å². The predicted octanol–water partition coefficient (Wildman–Crippen LogP) is 5.10. The van der Waals surface area contributed by atoms with Gasteiger partial charge in [0.25, 0.3) is 0 Å². The SMILES string of the molecule is CCC(CC)COC(=O)[C@H](C)NP(=O)(OC[C@H]1O[C@@](C)(c2ccc3c(N)ncnn23)[C@H](OC(C)=O)[C@@H]1OC(C)=O)Oc1cccc2ccccc12. The van der Waals surface area contributed by atoms with Crippen molar-refractivity contribution in [1.82, 2.24) is 19.7 Å². The van der Waals surface area contributed by atoms with Crippen LogP contribution in [0.1, 0.15) is 60.1 Å². The van der Waals surface area contributed by atoms with Crippen LogP contribution in [0, 0.1) is 5.92 Å². The Bertz CT molecular complexity index is 1930. The van der Waals surface area contributed by atoms with Crippen molar-refractivity contribution < 1.29 is 46.9 Å². The number of ether oxygens (including phenoxy) is 4. The van der Waals surface area contributed by atoms with E-state index in [1.165, 1.54) is 31.6 Å². The first kappa shape index (κ1) is 37.7. The minimum atomic E-state index is -4.45. The number of hydrogen-bond donors (Lipinski definition) is 2. The van der Waals surface area contributed by atoms with E-state index in [2.05, 4.69) is 15.2 Å². The van der Waals surface area contributed by atoms with Crippen molar-refractivity contribution in [3.63, 3.8) is 0 Å². The summed E-state index contributed by atoms with van der Waals surface area (Å²) in [5, 5.41) is 8.49. The second kappa shape index (κ2) is 15.8. The van der Waals surface area contributed by atoms with Crippen LogP contribution in [0.3, 0.4) is 0 Å². The molecule has 0 spiro atoms. The fourth-order valence-electron chi connectivity index (χ4n) is 6.11. The van der Waals surface area contributed by atoms with E-state index >= 15 is 0 Å². The maximum Gasteiger partial charge on any atom is 0.459 e. The van der Waals surface area contributed by atoms with E-state index in [1.807, 2.05) is 38.1 Å². The molecule has 15 nitrogen and oxygen atoms in total. The Morgan fingerprint density at radius 3 is 2.45 bits per heavy atom. The molecule has 1 fully saturated rings. The van der Waals surface area contributed by atoms with Crippen LogP contribution in [0.5, 0.6) is 5.75 Å². The van der Waals surface area contributed by atoms with Crippen LogP contribution in [0.4, 0.5) is 5.82 Å². The topological polar surface area (TPSA) is 192 Å². The van der Waals surface area contributed by atoms with E-state index in [-0.39, 0.29) is 24.1 Å². The molecule has 0 radical (unpaired) electrons. The van der Waals surface area contributed by atoms with Crippen LogP contribution in [0.2, 0.25) is 0 Å². The number of nitrogens with zero attached hydrogens (tertiary/aromatic N) is 3. The van der Waals surface area contributed by atoms with Crippen LogP contribution in [-0.2, 0) is 48.0 Å². The summed E-state index contributed by atoms with van der Waals surface area (Å²) in [5.74, 6) is -1.41. The van der Waals surface area contributed by atoms with E-state index in [0.717, 1.165) is 18.2 Å². The molecular formula is C35H44N5O10P. The Kier molecular flexibility index (Phi) is 11.7. The zero-order valence-corrected chi connectivity index (χ0v) is 30.3. The molecule has 1 saturated heterocycles. The fourth-order valence-corrected chi connectivity index (χ4v) is 7.63. The quantitative estimate of drug-likeness (QED) is 0.0934. The van der Waals surface area contributed by atoms with Crippen LogP contribution in [-0.4, -0.2) is 70.1 Å². The van der Waals surface area contributed by atoms with Crippen LogP contribution in [0.15, 0.2) is 60.9 Å². The molecule has 0 saturated carbocycles. The van der Waals surface area contributed by atoms with Crippen LogP contribution < -0.4 is 15.3 Å². The van der Waals surface area contributed by atoms with Gasteiger partial charge in [-0.05, 0) is 43.4 Å². The van der Waals surface area contributed by atoms with Crippen molar-refractivity contribution in [3.8, 4) is 5.75 Å². The number of nitrogen functional groups attached to an aromatic ring is 1. The maximum absolute atomic E-state index is 14.7. The number of nitrogens with one attached hydrogen (secondary N) is 1. The lowest BCUT2D eigenvalue weighted by atomic mass is 9.92. The molecule has 274 valence electrons. The van der Waals surface area contributed by atoms with Crippen LogP contribution >= 0.6 is 7.75 Å². The minimum absolute atomic E-state index is 0.175. The molecule has 3 heterocycles. The maximum atomic E-state index is 14.7. The smallest absolute Gasteiger partial charge is 0.459 e. The van der Waals surface area contributed by atoms with Gasteiger partial charge in [0.2, 0.25) is 0 Å². The fraction of sp³-hybridized carbons (Fsp3) is 0.457. The van der Waals surface area contributed by atoms with Gasteiger partial charge in [0.05, 0.1) is 18.9 Å². The van der Waals surface area contributed by atoms with Gasteiger partial charge in [0, 0.05) is 19.2 Å². The highest BCUT2D eigenvalue weighted by molar-refractivity contribution is 7.52. The Hall–Kier alpha value is -4.56. The number of nitrogens with two attached hydrogens (primary N) is 1. The average Bonchev–Trinajstić information content (AvgIpc) is 3.64. The molecule has 5 rings (SSSR count). The summed E-state index contributed by atoms with van der Waals surface area (Å²) in [6.07, 6.45) is -0.708. The molecule has 3 N–H and O–H groups in total. The summed E-state index contributed by atoms with van der Waals surface area (Å²) in [6.45, 7) is 9.26. The number of benzene rings is 2. The lowest BCUT2D eigenvalue weighted by molar-refractivity contribution is -0.168. The third kappa shape index (κ3) is 8.33. The second-order valence-electron chi connectivity index (χ2n) is 12.6. The lowest BCUT2D eigenvalue weighted by Crippen LogP contribution is -2.45. The normalized spacial score (nSPS) is 22.1. The monoisotopic (exact) mass is 725 g/mol. The molecule has 2 aromatic heterocycles. The predicted molar refractivity (Wildman–Crippen MR) is 186 cm³/mol. The highest BCUT2D eigenvalue weighted by Crippen LogP contribution is 2.49. The van der Waals surface area contributed by atoms with Gasteiger partial charge in [0.15, 0.2) is 18.0 Å². The average molecular weight is 726 g/mol.